The zero-order valence-electron chi connectivity index (χ0n) is 11.5. The third-order valence-electron chi connectivity index (χ3n) is 4.44. The number of hydrogen-bond acceptors (Lipinski definition) is 3. The van der Waals surface area contributed by atoms with Crippen molar-refractivity contribution >= 4 is 0 Å². The lowest BCUT2D eigenvalue weighted by molar-refractivity contribution is 0.176. The topological polar surface area (TPSA) is 24.5 Å². The summed E-state index contributed by atoms with van der Waals surface area (Å²) in [7, 11) is 0. The molecule has 0 aromatic heterocycles. The lowest BCUT2D eigenvalue weighted by atomic mass is 9.98. The van der Waals surface area contributed by atoms with Gasteiger partial charge in [-0.25, -0.2) is 0 Å². The molecule has 0 amide bonds. The molecule has 3 atom stereocenters. The van der Waals surface area contributed by atoms with Crippen molar-refractivity contribution in [3.8, 4) is 0 Å². The second kappa shape index (κ2) is 6.72. The minimum Gasteiger partial charge on any atom is -0.381 e. The van der Waals surface area contributed by atoms with Crippen molar-refractivity contribution in [2.45, 2.75) is 51.6 Å². The number of likely N-dealkylation sites (tertiary alicyclic amines) is 1. The first-order chi connectivity index (χ1) is 8.29. The van der Waals surface area contributed by atoms with E-state index in [4.69, 9.17) is 4.74 Å². The van der Waals surface area contributed by atoms with Gasteiger partial charge in [0, 0.05) is 18.7 Å². The minimum atomic E-state index is 0.621. The molecule has 3 unspecified atom stereocenters. The summed E-state index contributed by atoms with van der Waals surface area (Å²) in [6.07, 6.45) is 5.24. The van der Waals surface area contributed by atoms with Gasteiger partial charge in [-0.05, 0) is 58.2 Å². The Hall–Kier alpha value is -0.120. The van der Waals surface area contributed by atoms with Crippen molar-refractivity contribution in [2.24, 2.45) is 5.92 Å². The molecule has 0 aliphatic carbocycles. The third kappa shape index (κ3) is 3.94. The van der Waals surface area contributed by atoms with E-state index in [9.17, 15) is 0 Å². The maximum atomic E-state index is 5.48. The van der Waals surface area contributed by atoms with Crippen molar-refractivity contribution in [3.05, 3.63) is 0 Å². The summed E-state index contributed by atoms with van der Waals surface area (Å²) in [5.74, 6) is 0.737. The fourth-order valence-electron chi connectivity index (χ4n) is 3.09. The van der Waals surface area contributed by atoms with Gasteiger partial charge in [0.15, 0.2) is 0 Å². The first-order valence-electron chi connectivity index (χ1n) is 7.35. The molecule has 3 heteroatoms. The Morgan fingerprint density at radius 1 is 1.29 bits per heavy atom. The predicted octanol–water partition coefficient (Wildman–Crippen LogP) is 1.88. The number of rotatable bonds is 4. The number of hydrogen-bond donors (Lipinski definition) is 1. The van der Waals surface area contributed by atoms with Gasteiger partial charge in [-0.3, -0.25) is 0 Å². The number of nitrogens with zero attached hydrogens (tertiary/aromatic N) is 1. The zero-order chi connectivity index (χ0) is 12.1. The largest absolute Gasteiger partial charge is 0.381 e. The second-order valence-corrected chi connectivity index (χ2v) is 5.64. The van der Waals surface area contributed by atoms with Crippen molar-refractivity contribution in [1.82, 2.24) is 10.2 Å². The van der Waals surface area contributed by atoms with Crippen LogP contribution in [0.2, 0.25) is 0 Å². The van der Waals surface area contributed by atoms with Gasteiger partial charge in [0.2, 0.25) is 0 Å². The smallest absolute Gasteiger partial charge is 0.0509 e. The Labute approximate surface area is 106 Å². The lowest BCUT2D eigenvalue weighted by Gasteiger charge is -2.25. The van der Waals surface area contributed by atoms with E-state index in [-0.39, 0.29) is 0 Å². The first kappa shape index (κ1) is 13.3. The standard InChI is InChI=1S/C14H28N2O/c1-3-16-8-4-5-14(6-9-16)15-12(2)13-7-10-17-11-13/h12-15H,3-11H2,1-2H3. The molecule has 2 heterocycles. The van der Waals surface area contributed by atoms with Crippen LogP contribution in [-0.4, -0.2) is 49.8 Å². The van der Waals surface area contributed by atoms with Crippen LogP contribution in [0.5, 0.6) is 0 Å². The molecule has 0 saturated carbocycles. The highest BCUT2D eigenvalue weighted by atomic mass is 16.5. The van der Waals surface area contributed by atoms with E-state index < -0.39 is 0 Å². The fourth-order valence-corrected chi connectivity index (χ4v) is 3.09. The van der Waals surface area contributed by atoms with E-state index in [0.717, 1.165) is 25.2 Å². The van der Waals surface area contributed by atoms with E-state index in [1.165, 1.54) is 45.3 Å². The minimum absolute atomic E-state index is 0.621. The van der Waals surface area contributed by atoms with Gasteiger partial charge in [-0.15, -0.1) is 0 Å². The lowest BCUT2D eigenvalue weighted by Crippen LogP contribution is -2.41. The van der Waals surface area contributed by atoms with E-state index in [2.05, 4.69) is 24.1 Å². The van der Waals surface area contributed by atoms with Gasteiger partial charge in [0.25, 0.3) is 0 Å². The molecule has 17 heavy (non-hydrogen) atoms. The highest BCUT2D eigenvalue weighted by Gasteiger charge is 2.25. The van der Waals surface area contributed by atoms with Crippen LogP contribution in [0.1, 0.15) is 39.5 Å². The number of nitrogens with one attached hydrogen (secondary N) is 1. The average Bonchev–Trinajstić information content (AvgIpc) is 2.78. The first-order valence-corrected chi connectivity index (χ1v) is 7.35. The molecule has 100 valence electrons. The normalized spacial score (nSPS) is 33.5. The Kier molecular flexibility index (Phi) is 5.26. The summed E-state index contributed by atoms with van der Waals surface area (Å²) in [6, 6.07) is 1.35. The van der Waals surface area contributed by atoms with E-state index in [1.807, 2.05) is 0 Å². The third-order valence-corrected chi connectivity index (χ3v) is 4.44. The monoisotopic (exact) mass is 240 g/mol. The summed E-state index contributed by atoms with van der Waals surface area (Å²) in [5.41, 5.74) is 0. The molecular formula is C14H28N2O. The molecule has 0 radical (unpaired) electrons. The Bertz CT molecular complexity index is 216. The van der Waals surface area contributed by atoms with Crippen LogP contribution >= 0.6 is 0 Å². The van der Waals surface area contributed by atoms with Gasteiger partial charge in [-0.1, -0.05) is 6.92 Å². The van der Waals surface area contributed by atoms with Gasteiger partial charge < -0.3 is 15.0 Å². The average molecular weight is 240 g/mol. The van der Waals surface area contributed by atoms with Crippen LogP contribution in [0, 0.1) is 5.92 Å². The summed E-state index contributed by atoms with van der Waals surface area (Å²) >= 11 is 0. The van der Waals surface area contributed by atoms with E-state index in [1.54, 1.807) is 0 Å². The summed E-state index contributed by atoms with van der Waals surface area (Å²) in [4.78, 5) is 2.57. The molecule has 1 N–H and O–H groups in total. The molecule has 0 bridgehead atoms. The van der Waals surface area contributed by atoms with Crippen LogP contribution in [0.25, 0.3) is 0 Å². The molecule has 2 aliphatic heterocycles. The van der Waals surface area contributed by atoms with Crippen LogP contribution < -0.4 is 5.32 Å². The SMILES string of the molecule is CCN1CCCC(NC(C)C2CCOC2)CC1. The molecule has 2 aliphatic rings. The predicted molar refractivity (Wildman–Crippen MR) is 71.3 cm³/mol. The van der Waals surface area contributed by atoms with Gasteiger partial charge >= 0.3 is 0 Å². The molecule has 0 spiro atoms. The van der Waals surface area contributed by atoms with Crippen molar-refractivity contribution in [2.75, 3.05) is 32.8 Å². The Balaban J connectivity index is 1.74. The second-order valence-electron chi connectivity index (χ2n) is 5.64. The quantitative estimate of drug-likeness (QED) is 0.812. The maximum absolute atomic E-state index is 5.48. The highest BCUT2D eigenvalue weighted by Crippen LogP contribution is 2.19. The Morgan fingerprint density at radius 2 is 2.18 bits per heavy atom. The molecule has 0 aromatic rings. The zero-order valence-corrected chi connectivity index (χ0v) is 11.5. The van der Waals surface area contributed by atoms with Gasteiger partial charge in [-0.2, -0.15) is 0 Å². The van der Waals surface area contributed by atoms with Gasteiger partial charge in [0.1, 0.15) is 0 Å². The van der Waals surface area contributed by atoms with Gasteiger partial charge in [0.05, 0.1) is 6.61 Å². The Morgan fingerprint density at radius 3 is 2.88 bits per heavy atom. The fraction of sp³-hybridized carbons (Fsp3) is 1.00. The number of ether oxygens (including phenoxy) is 1. The summed E-state index contributed by atoms with van der Waals surface area (Å²) < 4.78 is 5.48. The van der Waals surface area contributed by atoms with E-state index in [0.29, 0.717) is 6.04 Å². The van der Waals surface area contributed by atoms with E-state index >= 15 is 0 Å². The summed E-state index contributed by atoms with van der Waals surface area (Å²) in [5, 5.41) is 3.84. The summed E-state index contributed by atoms with van der Waals surface area (Å²) in [6.45, 7) is 10.3. The van der Waals surface area contributed by atoms with Crippen molar-refractivity contribution in [1.29, 1.82) is 0 Å². The molecule has 0 aromatic carbocycles. The van der Waals surface area contributed by atoms with Crippen LogP contribution in [0.4, 0.5) is 0 Å². The molecular weight excluding hydrogens is 212 g/mol. The van der Waals surface area contributed by atoms with Crippen LogP contribution in [0.3, 0.4) is 0 Å². The van der Waals surface area contributed by atoms with Crippen molar-refractivity contribution < 1.29 is 4.74 Å². The molecule has 2 fully saturated rings. The molecule has 2 saturated heterocycles. The molecule has 2 rings (SSSR count). The van der Waals surface area contributed by atoms with Crippen LogP contribution in [-0.2, 0) is 4.74 Å². The maximum Gasteiger partial charge on any atom is 0.0509 e. The van der Waals surface area contributed by atoms with Crippen molar-refractivity contribution in [3.63, 3.8) is 0 Å². The van der Waals surface area contributed by atoms with Crippen LogP contribution in [0.15, 0.2) is 0 Å². The molecule has 3 nitrogen and oxygen atoms in total. The highest BCUT2D eigenvalue weighted by molar-refractivity contribution is 4.81.